The summed E-state index contributed by atoms with van der Waals surface area (Å²) in [7, 11) is 1.63. The van der Waals surface area contributed by atoms with E-state index in [-0.39, 0.29) is 5.88 Å². The third-order valence-corrected chi connectivity index (χ3v) is 2.70. The van der Waals surface area contributed by atoms with Crippen molar-refractivity contribution in [1.82, 2.24) is 4.98 Å². The van der Waals surface area contributed by atoms with Gasteiger partial charge in [-0.05, 0) is 6.07 Å². The van der Waals surface area contributed by atoms with Gasteiger partial charge in [-0.2, -0.15) is 4.98 Å². The summed E-state index contributed by atoms with van der Waals surface area (Å²) in [5, 5.41) is 0.673. The minimum atomic E-state index is 0.288. The number of rotatable bonds is 9. The zero-order chi connectivity index (χ0) is 14.1. The molecule has 0 radical (unpaired) electrons. The van der Waals surface area contributed by atoms with E-state index in [4.69, 9.17) is 43.3 Å². The first-order valence-electron chi connectivity index (χ1n) is 5.71. The molecular weight excluding hydrogens is 293 g/mol. The van der Waals surface area contributed by atoms with Crippen molar-refractivity contribution in [3.8, 4) is 5.88 Å². The first-order valence-corrected chi connectivity index (χ1v) is 6.46. The van der Waals surface area contributed by atoms with Crippen molar-refractivity contribution in [2.75, 3.05) is 39.0 Å². The van der Waals surface area contributed by atoms with Crippen molar-refractivity contribution in [3.05, 3.63) is 16.1 Å². The van der Waals surface area contributed by atoms with Crippen LogP contribution in [-0.4, -0.2) is 38.5 Å². The van der Waals surface area contributed by atoms with Crippen LogP contribution in [0.1, 0.15) is 6.42 Å². The number of halogens is 2. The number of hydrogen-bond acceptors (Lipinski definition) is 6. The van der Waals surface area contributed by atoms with E-state index in [1.165, 1.54) is 6.07 Å². The Hall–Kier alpha value is -0.790. The number of hydrogen-bond donors (Lipinski definition) is 2. The predicted octanol–water partition coefficient (Wildman–Crippen LogP) is 2.11. The number of nitrogens with zero attached hydrogens (tertiary/aromatic N) is 1. The summed E-state index contributed by atoms with van der Waals surface area (Å²) < 4.78 is 15.6. The van der Waals surface area contributed by atoms with Gasteiger partial charge in [0.05, 0.1) is 24.8 Å². The molecule has 0 spiro atoms. The lowest BCUT2D eigenvalue weighted by molar-refractivity contribution is 0.0642. The number of aromatic nitrogens is 1. The minimum Gasteiger partial charge on any atom is -0.476 e. The fourth-order valence-corrected chi connectivity index (χ4v) is 1.69. The maximum Gasteiger partial charge on any atom is 0.234 e. The Morgan fingerprint density at radius 2 is 2.00 bits per heavy atom. The molecule has 8 heteroatoms. The van der Waals surface area contributed by atoms with Crippen molar-refractivity contribution in [1.29, 1.82) is 0 Å². The standard InChI is InChI=1S/C11H17Cl2N3O3/c1-17-5-6-18-3-2-4-19-11-9(13)7-8(12)10(15-11)16-14/h7H,2-6,14H2,1H3,(H,15,16). The third-order valence-electron chi connectivity index (χ3n) is 2.14. The minimum absolute atomic E-state index is 0.288. The van der Waals surface area contributed by atoms with Crippen LogP contribution in [0.25, 0.3) is 0 Å². The van der Waals surface area contributed by atoms with E-state index < -0.39 is 0 Å². The molecule has 6 nitrogen and oxygen atoms in total. The molecule has 0 atom stereocenters. The Morgan fingerprint density at radius 1 is 1.21 bits per heavy atom. The van der Waals surface area contributed by atoms with Gasteiger partial charge in [-0.25, -0.2) is 5.84 Å². The Balaban J connectivity index is 2.33. The van der Waals surface area contributed by atoms with Crippen LogP contribution >= 0.6 is 23.2 Å². The number of ether oxygens (including phenoxy) is 3. The summed E-state index contributed by atoms with van der Waals surface area (Å²) in [5.41, 5.74) is 2.37. The molecule has 19 heavy (non-hydrogen) atoms. The van der Waals surface area contributed by atoms with Gasteiger partial charge in [-0.3, -0.25) is 0 Å². The number of nitrogens with two attached hydrogens (primary N) is 1. The van der Waals surface area contributed by atoms with E-state index in [2.05, 4.69) is 10.4 Å². The van der Waals surface area contributed by atoms with E-state index in [0.717, 1.165) is 6.42 Å². The Labute approximate surface area is 122 Å². The molecule has 0 aromatic carbocycles. The highest BCUT2D eigenvalue weighted by Gasteiger charge is 2.09. The molecule has 0 saturated heterocycles. The van der Waals surface area contributed by atoms with Gasteiger partial charge in [0, 0.05) is 20.1 Å². The lowest BCUT2D eigenvalue weighted by Gasteiger charge is -2.10. The molecule has 1 aromatic rings. The zero-order valence-electron chi connectivity index (χ0n) is 10.6. The third kappa shape index (κ3) is 5.80. The van der Waals surface area contributed by atoms with E-state index >= 15 is 0 Å². The summed E-state index contributed by atoms with van der Waals surface area (Å²) in [6.45, 7) is 2.16. The van der Waals surface area contributed by atoms with Crippen molar-refractivity contribution in [2.45, 2.75) is 6.42 Å². The molecular formula is C11H17Cl2N3O3. The summed E-state index contributed by atoms with van der Waals surface area (Å²) >= 11 is 11.8. The van der Waals surface area contributed by atoms with Crippen LogP contribution in [0.5, 0.6) is 5.88 Å². The molecule has 108 valence electrons. The molecule has 0 aliphatic heterocycles. The van der Waals surface area contributed by atoms with Crippen LogP contribution in [0.4, 0.5) is 5.82 Å². The van der Waals surface area contributed by atoms with Gasteiger partial charge in [0.25, 0.3) is 0 Å². The summed E-state index contributed by atoms with van der Waals surface area (Å²) in [6, 6.07) is 1.52. The number of hydrazine groups is 1. The second kappa shape index (κ2) is 9.17. The Kier molecular flexibility index (Phi) is 7.85. The molecule has 0 saturated carbocycles. The van der Waals surface area contributed by atoms with Gasteiger partial charge < -0.3 is 19.6 Å². The lowest BCUT2D eigenvalue weighted by atomic mass is 10.4. The van der Waals surface area contributed by atoms with Gasteiger partial charge in [0.1, 0.15) is 5.02 Å². The molecule has 0 fully saturated rings. The predicted molar refractivity (Wildman–Crippen MR) is 74.9 cm³/mol. The molecule has 0 amide bonds. The van der Waals surface area contributed by atoms with Crippen molar-refractivity contribution in [3.63, 3.8) is 0 Å². The van der Waals surface area contributed by atoms with Gasteiger partial charge in [0.2, 0.25) is 5.88 Å². The van der Waals surface area contributed by atoms with Crippen LogP contribution in [0.15, 0.2) is 6.07 Å². The van der Waals surface area contributed by atoms with Gasteiger partial charge in [-0.15, -0.1) is 0 Å². The average molecular weight is 310 g/mol. The number of methoxy groups -OCH3 is 1. The molecule has 3 N–H and O–H groups in total. The fraction of sp³-hybridized carbons (Fsp3) is 0.545. The molecule has 1 aromatic heterocycles. The lowest BCUT2D eigenvalue weighted by Crippen LogP contribution is -2.11. The van der Waals surface area contributed by atoms with Gasteiger partial charge in [-0.1, -0.05) is 23.2 Å². The largest absolute Gasteiger partial charge is 0.476 e. The highest BCUT2D eigenvalue weighted by molar-refractivity contribution is 6.36. The van der Waals surface area contributed by atoms with Crippen LogP contribution in [0.2, 0.25) is 10.0 Å². The highest BCUT2D eigenvalue weighted by atomic mass is 35.5. The summed E-state index contributed by atoms with van der Waals surface area (Å²) in [5.74, 6) is 5.87. The average Bonchev–Trinajstić information content (AvgIpc) is 2.40. The van der Waals surface area contributed by atoms with Crippen molar-refractivity contribution >= 4 is 29.0 Å². The van der Waals surface area contributed by atoms with Crippen LogP contribution in [-0.2, 0) is 9.47 Å². The van der Waals surface area contributed by atoms with E-state index in [0.29, 0.717) is 42.3 Å². The normalized spacial score (nSPS) is 10.5. The topological polar surface area (TPSA) is 78.6 Å². The molecule has 0 unspecified atom stereocenters. The van der Waals surface area contributed by atoms with Crippen molar-refractivity contribution < 1.29 is 14.2 Å². The Morgan fingerprint density at radius 3 is 2.68 bits per heavy atom. The summed E-state index contributed by atoms with van der Waals surface area (Å²) in [6.07, 6.45) is 0.718. The SMILES string of the molecule is COCCOCCCOc1nc(NN)c(Cl)cc1Cl. The second-order valence-electron chi connectivity index (χ2n) is 3.56. The first-order chi connectivity index (χ1) is 9.19. The first kappa shape index (κ1) is 16.3. The fourth-order valence-electron chi connectivity index (χ4n) is 1.23. The quantitative estimate of drug-likeness (QED) is 0.413. The smallest absolute Gasteiger partial charge is 0.234 e. The highest BCUT2D eigenvalue weighted by Crippen LogP contribution is 2.30. The molecule has 1 rings (SSSR count). The number of nitrogen functional groups attached to an aromatic ring is 1. The molecule has 1 heterocycles. The monoisotopic (exact) mass is 309 g/mol. The number of anilines is 1. The molecule has 0 aliphatic rings. The molecule has 0 bridgehead atoms. The van der Waals surface area contributed by atoms with E-state index in [1.807, 2.05) is 0 Å². The van der Waals surface area contributed by atoms with Crippen LogP contribution in [0, 0.1) is 0 Å². The maximum absolute atomic E-state index is 5.95. The number of nitrogens with one attached hydrogen (secondary N) is 1. The van der Waals surface area contributed by atoms with Crippen LogP contribution in [0.3, 0.4) is 0 Å². The van der Waals surface area contributed by atoms with Crippen molar-refractivity contribution in [2.24, 2.45) is 5.84 Å². The second-order valence-corrected chi connectivity index (χ2v) is 4.37. The Bertz CT molecular complexity index is 394. The zero-order valence-corrected chi connectivity index (χ0v) is 12.1. The van der Waals surface area contributed by atoms with Gasteiger partial charge >= 0.3 is 0 Å². The molecule has 0 aliphatic carbocycles. The maximum atomic E-state index is 5.95. The number of pyridine rings is 1. The van der Waals surface area contributed by atoms with E-state index in [9.17, 15) is 0 Å². The van der Waals surface area contributed by atoms with Gasteiger partial charge in [0.15, 0.2) is 5.82 Å². The van der Waals surface area contributed by atoms with Crippen LogP contribution < -0.4 is 16.0 Å². The van der Waals surface area contributed by atoms with E-state index in [1.54, 1.807) is 7.11 Å². The summed E-state index contributed by atoms with van der Waals surface area (Å²) in [4.78, 5) is 4.05.